The van der Waals surface area contributed by atoms with Gasteiger partial charge in [0.2, 0.25) is 0 Å². The topological polar surface area (TPSA) is 34.1 Å². The summed E-state index contributed by atoms with van der Waals surface area (Å²) in [4.78, 5) is 21.6. The van der Waals surface area contributed by atoms with Crippen molar-refractivity contribution in [2.24, 2.45) is 0 Å². The minimum absolute atomic E-state index is 0.124. The van der Waals surface area contributed by atoms with Gasteiger partial charge in [-0.2, -0.15) is 0 Å². The van der Waals surface area contributed by atoms with Crippen molar-refractivity contribution in [3.8, 4) is 0 Å². The molecule has 0 saturated heterocycles. The summed E-state index contributed by atoms with van der Waals surface area (Å²) < 4.78 is 0. The molecule has 0 radical (unpaired) electrons. The molecule has 56 valence electrons. The highest BCUT2D eigenvalue weighted by Crippen LogP contribution is 2.21. The SMILES string of the molecule is O=C1CCC(=O)C(Cl)C1Cl. The van der Waals surface area contributed by atoms with E-state index in [2.05, 4.69) is 0 Å². The maximum Gasteiger partial charge on any atom is 0.153 e. The van der Waals surface area contributed by atoms with Crippen LogP contribution in [0.25, 0.3) is 0 Å². The maximum atomic E-state index is 10.8. The van der Waals surface area contributed by atoms with Gasteiger partial charge in [0, 0.05) is 12.8 Å². The van der Waals surface area contributed by atoms with Crippen LogP contribution in [-0.2, 0) is 9.59 Å². The molecule has 0 spiro atoms. The van der Waals surface area contributed by atoms with Crippen LogP contribution in [0.1, 0.15) is 12.8 Å². The highest BCUT2D eigenvalue weighted by Gasteiger charge is 2.34. The molecule has 0 amide bonds. The molecule has 2 unspecified atom stereocenters. The molecule has 4 heteroatoms. The summed E-state index contributed by atoms with van der Waals surface area (Å²) in [6, 6.07) is 0. The predicted octanol–water partition coefficient (Wildman–Crippen LogP) is 1.13. The Kier molecular flexibility index (Phi) is 2.32. The number of rotatable bonds is 0. The number of ketones is 2. The Morgan fingerprint density at radius 3 is 1.60 bits per heavy atom. The molecule has 0 N–H and O–H groups in total. The van der Waals surface area contributed by atoms with Crippen molar-refractivity contribution in [1.29, 1.82) is 0 Å². The van der Waals surface area contributed by atoms with Crippen molar-refractivity contribution in [3.05, 3.63) is 0 Å². The van der Waals surface area contributed by atoms with Gasteiger partial charge < -0.3 is 0 Å². The number of carbonyl (C=O) groups excluding carboxylic acids is 2. The Bertz CT molecular complexity index is 159. The Morgan fingerprint density at radius 1 is 1.00 bits per heavy atom. The minimum Gasteiger partial charge on any atom is -0.298 e. The first kappa shape index (κ1) is 8.02. The van der Waals surface area contributed by atoms with Crippen molar-refractivity contribution in [1.82, 2.24) is 0 Å². The molecular formula is C6H6Cl2O2. The molecule has 1 rings (SSSR count). The predicted molar refractivity (Wildman–Crippen MR) is 38.5 cm³/mol. The molecule has 10 heavy (non-hydrogen) atoms. The van der Waals surface area contributed by atoms with Crippen molar-refractivity contribution in [2.75, 3.05) is 0 Å². The van der Waals surface area contributed by atoms with Gasteiger partial charge in [-0.15, -0.1) is 23.2 Å². The fourth-order valence-electron chi connectivity index (χ4n) is 0.849. The van der Waals surface area contributed by atoms with Gasteiger partial charge in [-0.1, -0.05) is 0 Å². The van der Waals surface area contributed by atoms with Crippen LogP contribution in [0, 0.1) is 0 Å². The van der Waals surface area contributed by atoms with Gasteiger partial charge >= 0.3 is 0 Å². The molecule has 0 bridgehead atoms. The summed E-state index contributed by atoms with van der Waals surface area (Å²) in [6.07, 6.45) is 0.493. The van der Waals surface area contributed by atoms with Gasteiger partial charge in [0.25, 0.3) is 0 Å². The summed E-state index contributed by atoms with van der Waals surface area (Å²) in [5, 5.41) is -1.61. The monoisotopic (exact) mass is 180 g/mol. The van der Waals surface area contributed by atoms with Crippen LogP contribution in [-0.4, -0.2) is 22.3 Å². The normalized spacial score (nSPS) is 34.6. The van der Waals surface area contributed by atoms with Crippen molar-refractivity contribution in [2.45, 2.75) is 23.6 Å². The molecule has 1 saturated carbocycles. The number of carbonyl (C=O) groups is 2. The number of hydrogen-bond acceptors (Lipinski definition) is 2. The number of hydrogen-bond donors (Lipinski definition) is 0. The number of Topliss-reactive ketones (excluding diaryl/α,β-unsaturated/α-hetero) is 2. The maximum absolute atomic E-state index is 10.8. The van der Waals surface area contributed by atoms with Crippen LogP contribution in [0.2, 0.25) is 0 Å². The van der Waals surface area contributed by atoms with E-state index in [0.29, 0.717) is 0 Å². The Hall–Kier alpha value is -0.0800. The number of alkyl halides is 2. The average molecular weight is 181 g/mol. The third kappa shape index (κ3) is 1.32. The lowest BCUT2D eigenvalue weighted by Crippen LogP contribution is -2.36. The van der Waals surface area contributed by atoms with Gasteiger partial charge in [-0.25, -0.2) is 0 Å². The van der Waals surface area contributed by atoms with Gasteiger partial charge in [-0.3, -0.25) is 9.59 Å². The van der Waals surface area contributed by atoms with Crippen LogP contribution in [0.3, 0.4) is 0 Å². The van der Waals surface area contributed by atoms with Gasteiger partial charge in [0.15, 0.2) is 11.6 Å². The summed E-state index contributed by atoms with van der Waals surface area (Å²) in [5.41, 5.74) is 0. The molecule has 0 aromatic rings. The highest BCUT2D eigenvalue weighted by molar-refractivity contribution is 6.44. The van der Waals surface area contributed by atoms with E-state index in [4.69, 9.17) is 23.2 Å². The quantitative estimate of drug-likeness (QED) is 0.525. The van der Waals surface area contributed by atoms with E-state index in [0.717, 1.165) is 0 Å². The smallest absolute Gasteiger partial charge is 0.153 e. The lowest BCUT2D eigenvalue weighted by molar-refractivity contribution is -0.128. The van der Waals surface area contributed by atoms with E-state index in [1.807, 2.05) is 0 Å². The second-order valence-electron chi connectivity index (χ2n) is 2.24. The molecule has 0 aromatic heterocycles. The van der Waals surface area contributed by atoms with E-state index in [-0.39, 0.29) is 24.4 Å². The highest BCUT2D eigenvalue weighted by atomic mass is 35.5. The zero-order valence-electron chi connectivity index (χ0n) is 5.14. The van der Waals surface area contributed by atoms with Crippen LogP contribution in [0.5, 0.6) is 0 Å². The van der Waals surface area contributed by atoms with Gasteiger partial charge in [0.05, 0.1) is 0 Å². The third-order valence-electron chi connectivity index (χ3n) is 1.49. The third-order valence-corrected chi connectivity index (χ3v) is 2.61. The lowest BCUT2D eigenvalue weighted by Gasteiger charge is -2.18. The summed E-state index contributed by atoms with van der Waals surface area (Å²) in [7, 11) is 0. The Balaban J connectivity index is 2.69. The first-order valence-corrected chi connectivity index (χ1v) is 3.84. The second kappa shape index (κ2) is 2.89. The first-order valence-electron chi connectivity index (χ1n) is 2.96. The van der Waals surface area contributed by atoms with Crippen LogP contribution >= 0.6 is 23.2 Å². The zero-order valence-corrected chi connectivity index (χ0v) is 6.65. The molecule has 1 fully saturated rings. The fraction of sp³-hybridized carbons (Fsp3) is 0.667. The molecule has 2 atom stereocenters. The van der Waals surface area contributed by atoms with Crippen molar-refractivity contribution >= 4 is 34.8 Å². The minimum atomic E-state index is -0.803. The Labute approximate surface area is 68.5 Å². The first-order chi connectivity index (χ1) is 4.63. The van der Waals surface area contributed by atoms with E-state index in [1.54, 1.807) is 0 Å². The van der Waals surface area contributed by atoms with Crippen LogP contribution in [0.4, 0.5) is 0 Å². The van der Waals surface area contributed by atoms with E-state index < -0.39 is 10.8 Å². The van der Waals surface area contributed by atoms with Gasteiger partial charge in [-0.05, 0) is 0 Å². The largest absolute Gasteiger partial charge is 0.298 e. The fourth-order valence-corrected chi connectivity index (χ4v) is 1.35. The molecule has 0 aromatic carbocycles. The second-order valence-corrected chi connectivity index (χ2v) is 3.18. The van der Waals surface area contributed by atoms with Crippen molar-refractivity contribution < 1.29 is 9.59 Å². The number of halogens is 2. The summed E-state index contributed by atoms with van der Waals surface area (Å²) in [5.74, 6) is -0.248. The van der Waals surface area contributed by atoms with Crippen LogP contribution in [0.15, 0.2) is 0 Å². The van der Waals surface area contributed by atoms with E-state index in [9.17, 15) is 9.59 Å². The average Bonchev–Trinajstić information content (AvgIpc) is 1.93. The van der Waals surface area contributed by atoms with E-state index >= 15 is 0 Å². The summed E-state index contributed by atoms with van der Waals surface area (Å²) in [6.45, 7) is 0. The molecule has 1 aliphatic rings. The van der Waals surface area contributed by atoms with Gasteiger partial charge in [0.1, 0.15) is 10.8 Å². The summed E-state index contributed by atoms with van der Waals surface area (Å²) >= 11 is 11.0. The molecule has 1 aliphatic carbocycles. The van der Waals surface area contributed by atoms with Crippen molar-refractivity contribution in [3.63, 3.8) is 0 Å². The molecule has 0 heterocycles. The molecule has 2 nitrogen and oxygen atoms in total. The standard InChI is InChI=1S/C6H6Cl2O2/c7-5-3(9)1-2-4(10)6(5)8/h5-6H,1-2H2. The lowest BCUT2D eigenvalue weighted by atomic mass is 9.97. The van der Waals surface area contributed by atoms with E-state index in [1.165, 1.54) is 0 Å². The molecular weight excluding hydrogens is 175 g/mol. The Morgan fingerprint density at radius 2 is 1.30 bits per heavy atom. The zero-order chi connectivity index (χ0) is 7.72. The molecule has 0 aliphatic heterocycles. The van der Waals surface area contributed by atoms with Crippen LogP contribution < -0.4 is 0 Å².